The zero-order valence-corrected chi connectivity index (χ0v) is 24.9. The van der Waals surface area contributed by atoms with Gasteiger partial charge in [-0.15, -0.1) is 0 Å². The van der Waals surface area contributed by atoms with Crippen LogP contribution in [0.15, 0.2) is 72.8 Å². The Morgan fingerprint density at radius 2 is 1.62 bits per heavy atom. The molecule has 1 heterocycles. The lowest BCUT2D eigenvalue weighted by atomic mass is 9.80. The second-order valence-corrected chi connectivity index (χ2v) is 12.4. The molecule has 2 amide bonds. The van der Waals surface area contributed by atoms with Crippen molar-refractivity contribution in [2.24, 2.45) is 5.92 Å². The Bertz CT molecular complexity index is 1370. The fraction of sp³-hybridized carbons (Fsp3) is 0.394. The summed E-state index contributed by atoms with van der Waals surface area (Å²) in [5.74, 6) is 0.272. The van der Waals surface area contributed by atoms with Crippen molar-refractivity contribution in [3.05, 3.63) is 105 Å². The summed E-state index contributed by atoms with van der Waals surface area (Å²) in [7, 11) is 1.89. The number of nitrogens with zero attached hydrogens (tertiary/aromatic N) is 2. The predicted octanol–water partition coefficient (Wildman–Crippen LogP) is 6.35. The van der Waals surface area contributed by atoms with E-state index in [0.717, 1.165) is 55.6 Å². The lowest BCUT2D eigenvalue weighted by Crippen LogP contribution is -2.53. The summed E-state index contributed by atoms with van der Waals surface area (Å²) < 4.78 is 0. The standard InChI is InChI=1S/C33H37Cl2N3O2/c1-23-9-11-25(12-10-23)21-37(3)31(40)33(27-13-14-29(34)30(35)19-27)20-28(33)22-38-17-15-32(16-18-38,36-24(2)39)26-7-5-4-6-8-26/h4-14,19,28H,15-18,20-22H2,1-3H3,(H,36,39). The first-order chi connectivity index (χ1) is 19.1. The minimum absolute atomic E-state index is 0.0136. The third-order valence-corrected chi connectivity index (χ3v) is 9.48. The van der Waals surface area contributed by atoms with Gasteiger partial charge in [0.25, 0.3) is 0 Å². The van der Waals surface area contributed by atoms with Gasteiger partial charge in [-0.05, 0) is 60.9 Å². The first-order valence-corrected chi connectivity index (χ1v) is 14.7. The molecule has 2 fully saturated rings. The number of carbonyl (C=O) groups is 2. The lowest BCUT2D eigenvalue weighted by molar-refractivity contribution is -0.133. The van der Waals surface area contributed by atoms with Crippen LogP contribution in [-0.4, -0.2) is 48.3 Å². The third-order valence-electron chi connectivity index (χ3n) is 8.74. The maximum Gasteiger partial charge on any atom is 0.233 e. The number of hydrogen-bond acceptors (Lipinski definition) is 3. The van der Waals surface area contributed by atoms with Gasteiger partial charge in [-0.1, -0.05) is 89.4 Å². The van der Waals surface area contributed by atoms with Gasteiger partial charge < -0.3 is 15.1 Å². The van der Waals surface area contributed by atoms with Crippen LogP contribution in [0.2, 0.25) is 10.0 Å². The van der Waals surface area contributed by atoms with Crippen LogP contribution in [0.1, 0.15) is 48.4 Å². The maximum atomic E-state index is 14.1. The summed E-state index contributed by atoms with van der Waals surface area (Å²) in [4.78, 5) is 30.6. The Morgan fingerprint density at radius 1 is 0.950 bits per heavy atom. The highest BCUT2D eigenvalue weighted by Crippen LogP contribution is 2.56. The van der Waals surface area contributed by atoms with Gasteiger partial charge in [0, 0.05) is 40.2 Å². The molecule has 1 aliphatic carbocycles. The van der Waals surface area contributed by atoms with Crippen molar-refractivity contribution in [1.82, 2.24) is 15.1 Å². The Balaban J connectivity index is 1.34. The van der Waals surface area contributed by atoms with Gasteiger partial charge in [-0.2, -0.15) is 0 Å². The van der Waals surface area contributed by atoms with Crippen LogP contribution < -0.4 is 5.32 Å². The largest absolute Gasteiger partial charge is 0.347 e. The molecule has 210 valence electrons. The molecule has 1 saturated carbocycles. The molecule has 1 N–H and O–H groups in total. The summed E-state index contributed by atoms with van der Waals surface area (Å²) in [6.07, 6.45) is 2.42. The monoisotopic (exact) mass is 577 g/mol. The number of piperidine rings is 1. The van der Waals surface area contributed by atoms with Crippen LogP contribution in [0, 0.1) is 12.8 Å². The van der Waals surface area contributed by atoms with Crippen molar-refractivity contribution < 1.29 is 9.59 Å². The lowest BCUT2D eigenvalue weighted by Gasteiger charge is -2.43. The molecule has 3 aromatic rings. The zero-order valence-electron chi connectivity index (χ0n) is 23.4. The van der Waals surface area contributed by atoms with Gasteiger partial charge in [-0.3, -0.25) is 9.59 Å². The van der Waals surface area contributed by atoms with E-state index in [1.165, 1.54) is 5.56 Å². The van der Waals surface area contributed by atoms with Crippen molar-refractivity contribution in [2.75, 3.05) is 26.7 Å². The van der Waals surface area contributed by atoms with Gasteiger partial charge in [0.05, 0.1) is 21.0 Å². The molecule has 0 aromatic heterocycles. The summed E-state index contributed by atoms with van der Waals surface area (Å²) in [6, 6.07) is 24.2. The second-order valence-electron chi connectivity index (χ2n) is 11.6. The smallest absolute Gasteiger partial charge is 0.233 e. The van der Waals surface area contributed by atoms with E-state index in [0.29, 0.717) is 16.6 Å². The second kappa shape index (κ2) is 11.6. The quantitative estimate of drug-likeness (QED) is 0.339. The number of rotatable bonds is 8. The predicted molar refractivity (Wildman–Crippen MR) is 162 cm³/mol. The van der Waals surface area contributed by atoms with E-state index in [9.17, 15) is 9.59 Å². The molecule has 0 spiro atoms. The van der Waals surface area contributed by atoms with Gasteiger partial charge in [0.15, 0.2) is 0 Å². The number of likely N-dealkylation sites (N-methyl/N-ethyl adjacent to an activating group) is 1. The SMILES string of the molecule is CC(=O)NC1(c2ccccc2)CCN(CC2CC2(C(=O)N(C)Cc2ccc(C)cc2)c2ccc(Cl)c(Cl)c2)CC1. The van der Waals surface area contributed by atoms with Crippen LogP contribution >= 0.6 is 23.2 Å². The average Bonchev–Trinajstić information content (AvgIpc) is 3.67. The highest BCUT2D eigenvalue weighted by molar-refractivity contribution is 6.42. The van der Waals surface area contributed by atoms with E-state index in [4.69, 9.17) is 23.2 Å². The van der Waals surface area contributed by atoms with Gasteiger partial charge in [-0.25, -0.2) is 0 Å². The zero-order chi connectivity index (χ0) is 28.5. The Hall–Kier alpha value is -2.86. The fourth-order valence-electron chi connectivity index (χ4n) is 6.45. The molecule has 2 atom stereocenters. The molecule has 5 nitrogen and oxygen atoms in total. The molecule has 1 saturated heterocycles. The number of nitrogens with one attached hydrogen (secondary N) is 1. The molecular formula is C33H37Cl2N3O2. The van der Waals surface area contributed by atoms with Crippen molar-refractivity contribution in [1.29, 1.82) is 0 Å². The molecule has 3 aromatic carbocycles. The molecule has 40 heavy (non-hydrogen) atoms. The van der Waals surface area contributed by atoms with Crippen LogP contribution in [-0.2, 0) is 27.1 Å². The Kier molecular flexibility index (Phi) is 8.28. The maximum absolute atomic E-state index is 14.1. The Labute approximate surface area is 247 Å². The van der Waals surface area contributed by atoms with Crippen molar-refractivity contribution in [3.63, 3.8) is 0 Å². The van der Waals surface area contributed by atoms with Gasteiger partial charge >= 0.3 is 0 Å². The van der Waals surface area contributed by atoms with E-state index < -0.39 is 5.41 Å². The number of amides is 2. The number of halogens is 2. The van der Waals surface area contributed by atoms with Crippen LogP contribution in [0.25, 0.3) is 0 Å². The summed E-state index contributed by atoms with van der Waals surface area (Å²) in [6.45, 7) is 6.70. The summed E-state index contributed by atoms with van der Waals surface area (Å²) >= 11 is 12.7. The van der Waals surface area contributed by atoms with Gasteiger partial charge in [0.2, 0.25) is 11.8 Å². The molecule has 0 bridgehead atoms. The summed E-state index contributed by atoms with van der Waals surface area (Å²) in [5, 5.41) is 4.22. The number of likely N-dealkylation sites (tertiary alicyclic amines) is 1. The topological polar surface area (TPSA) is 52.7 Å². The van der Waals surface area contributed by atoms with E-state index in [1.807, 2.05) is 42.3 Å². The van der Waals surface area contributed by atoms with Crippen LogP contribution in [0.5, 0.6) is 0 Å². The molecule has 2 unspecified atom stereocenters. The minimum Gasteiger partial charge on any atom is -0.347 e. The number of hydrogen-bond donors (Lipinski definition) is 1. The summed E-state index contributed by atoms with van der Waals surface area (Å²) in [5.41, 5.74) is 3.39. The molecule has 5 rings (SSSR count). The number of carbonyl (C=O) groups excluding carboxylic acids is 2. The van der Waals surface area contributed by atoms with E-state index in [2.05, 4.69) is 53.5 Å². The first-order valence-electron chi connectivity index (χ1n) is 14.0. The molecule has 1 aliphatic heterocycles. The number of benzene rings is 3. The molecule has 7 heteroatoms. The van der Waals surface area contributed by atoms with E-state index in [1.54, 1.807) is 13.0 Å². The highest BCUT2D eigenvalue weighted by Gasteiger charge is 2.62. The fourth-order valence-corrected chi connectivity index (χ4v) is 6.75. The third kappa shape index (κ3) is 5.79. The number of aryl methyl sites for hydroxylation is 1. The highest BCUT2D eigenvalue weighted by atomic mass is 35.5. The van der Waals surface area contributed by atoms with Gasteiger partial charge in [0.1, 0.15) is 0 Å². The molecule has 0 radical (unpaired) electrons. The first kappa shape index (κ1) is 28.7. The van der Waals surface area contributed by atoms with E-state index in [-0.39, 0.29) is 23.3 Å². The van der Waals surface area contributed by atoms with Crippen molar-refractivity contribution >= 4 is 35.0 Å². The van der Waals surface area contributed by atoms with E-state index >= 15 is 0 Å². The van der Waals surface area contributed by atoms with Crippen LogP contribution in [0.4, 0.5) is 0 Å². The molecule has 2 aliphatic rings. The average molecular weight is 579 g/mol. The minimum atomic E-state index is -0.626. The van der Waals surface area contributed by atoms with Crippen molar-refractivity contribution in [2.45, 2.75) is 50.6 Å². The molecular weight excluding hydrogens is 541 g/mol. The normalized spacial score (nSPS) is 22.0. The van der Waals surface area contributed by atoms with Crippen molar-refractivity contribution in [3.8, 4) is 0 Å². The Morgan fingerprint density at radius 3 is 2.25 bits per heavy atom. The van der Waals surface area contributed by atoms with Crippen LogP contribution in [0.3, 0.4) is 0 Å².